The van der Waals surface area contributed by atoms with Crippen LogP contribution >= 0.6 is 7.82 Å². The summed E-state index contributed by atoms with van der Waals surface area (Å²) in [4.78, 5) is 37.5. The van der Waals surface area contributed by atoms with Crippen molar-refractivity contribution in [2.75, 3.05) is 47.5 Å². The van der Waals surface area contributed by atoms with E-state index in [1.165, 1.54) is 122 Å². The lowest BCUT2D eigenvalue weighted by Crippen LogP contribution is -2.37. The summed E-state index contributed by atoms with van der Waals surface area (Å²) < 4.78 is 33.9. The summed E-state index contributed by atoms with van der Waals surface area (Å²) in [7, 11) is 1.17. The highest BCUT2D eigenvalue weighted by molar-refractivity contribution is 7.45. The number of nitrogens with zero attached hydrogens (tertiary/aromatic N) is 1. The maximum Gasteiger partial charge on any atom is 0.306 e. The van der Waals surface area contributed by atoms with Gasteiger partial charge >= 0.3 is 11.9 Å². The molecule has 9 nitrogen and oxygen atoms in total. The van der Waals surface area contributed by atoms with Crippen LogP contribution in [0.25, 0.3) is 0 Å². The number of ether oxygens (including phenoxy) is 2. The summed E-state index contributed by atoms with van der Waals surface area (Å²) in [5, 5.41) is 0. The van der Waals surface area contributed by atoms with E-state index in [0.717, 1.165) is 51.4 Å². The molecule has 0 saturated carbocycles. The van der Waals surface area contributed by atoms with Crippen molar-refractivity contribution in [1.82, 2.24) is 0 Å². The molecule has 1 unspecified atom stereocenters. The molecule has 0 aliphatic rings. The lowest BCUT2D eigenvalue weighted by atomic mass is 10.0. The zero-order valence-corrected chi connectivity index (χ0v) is 36.8. The Hall–Kier alpha value is -1.25. The molecule has 0 saturated heterocycles. The van der Waals surface area contributed by atoms with Crippen molar-refractivity contribution in [3.8, 4) is 0 Å². The number of phosphoric ester groups is 1. The number of hydrogen-bond donors (Lipinski definition) is 0. The van der Waals surface area contributed by atoms with Gasteiger partial charge in [-0.15, -0.1) is 0 Å². The van der Waals surface area contributed by atoms with Crippen molar-refractivity contribution in [3.05, 3.63) is 12.2 Å². The van der Waals surface area contributed by atoms with Gasteiger partial charge in [-0.1, -0.05) is 167 Å². The first-order valence-electron chi connectivity index (χ1n) is 22.4. The molecular formula is C44H86NO8P. The van der Waals surface area contributed by atoms with Gasteiger partial charge in [-0.05, 0) is 38.5 Å². The summed E-state index contributed by atoms with van der Waals surface area (Å²) in [6.45, 7) is 4.23. The first-order chi connectivity index (χ1) is 26.0. The molecule has 0 N–H and O–H groups in total. The van der Waals surface area contributed by atoms with Crippen molar-refractivity contribution < 1.29 is 42.1 Å². The van der Waals surface area contributed by atoms with E-state index in [1.807, 2.05) is 21.1 Å². The third kappa shape index (κ3) is 40.4. The van der Waals surface area contributed by atoms with Gasteiger partial charge in [0.1, 0.15) is 19.8 Å². The van der Waals surface area contributed by atoms with Crippen LogP contribution in [-0.2, 0) is 32.7 Å². The number of allylic oxidation sites excluding steroid dienone is 2. The van der Waals surface area contributed by atoms with Crippen LogP contribution in [0.2, 0.25) is 0 Å². The molecule has 0 aliphatic heterocycles. The van der Waals surface area contributed by atoms with E-state index in [9.17, 15) is 19.0 Å². The summed E-state index contributed by atoms with van der Waals surface area (Å²) in [5.74, 6) is -0.834. The minimum absolute atomic E-state index is 0.0289. The molecule has 0 bridgehead atoms. The molecule has 54 heavy (non-hydrogen) atoms. The number of unbranched alkanes of at least 4 members (excludes halogenated alkanes) is 25. The summed E-state index contributed by atoms with van der Waals surface area (Å²) in [5.41, 5.74) is 0. The highest BCUT2D eigenvalue weighted by Gasteiger charge is 2.21. The number of carbonyl (C=O) groups excluding carboxylic acids is 2. The largest absolute Gasteiger partial charge is 0.756 e. The van der Waals surface area contributed by atoms with Gasteiger partial charge in [0.2, 0.25) is 0 Å². The van der Waals surface area contributed by atoms with Crippen LogP contribution in [0, 0.1) is 0 Å². The van der Waals surface area contributed by atoms with Crippen molar-refractivity contribution in [1.29, 1.82) is 0 Å². The Labute approximate surface area is 333 Å². The molecule has 0 spiro atoms. The molecule has 0 radical (unpaired) electrons. The Balaban J connectivity index is 4.34. The Morgan fingerprint density at radius 3 is 1.37 bits per heavy atom. The van der Waals surface area contributed by atoms with Crippen LogP contribution in [0.5, 0.6) is 0 Å². The number of esters is 2. The van der Waals surface area contributed by atoms with Gasteiger partial charge in [-0.2, -0.15) is 0 Å². The Morgan fingerprint density at radius 1 is 0.556 bits per heavy atom. The van der Waals surface area contributed by atoms with Crippen LogP contribution in [-0.4, -0.2) is 70.0 Å². The highest BCUT2D eigenvalue weighted by Crippen LogP contribution is 2.38. The molecule has 0 rings (SSSR count). The summed E-state index contributed by atoms with van der Waals surface area (Å²) in [6.07, 6.45) is 38.0. The average molecular weight is 788 g/mol. The van der Waals surface area contributed by atoms with E-state index in [2.05, 4.69) is 26.0 Å². The number of carbonyl (C=O) groups is 2. The van der Waals surface area contributed by atoms with E-state index in [-0.39, 0.29) is 32.0 Å². The number of hydrogen-bond acceptors (Lipinski definition) is 8. The van der Waals surface area contributed by atoms with Gasteiger partial charge < -0.3 is 27.9 Å². The maximum atomic E-state index is 12.7. The molecule has 0 fully saturated rings. The van der Waals surface area contributed by atoms with Crippen LogP contribution in [0.1, 0.15) is 206 Å². The van der Waals surface area contributed by atoms with E-state index >= 15 is 0 Å². The first kappa shape index (κ1) is 52.8. The maximum absolute atomic E-state index is 12.7. The zero-order chi connectivity index (χ0) is 40.0. The number of likely N-dealkylation sites (N-methyl/N-ethyl adjacent to an activating group) is 1. The van der Waals surface area contributed by atoms with Crippen LogP contribution in [0.4, 0.5) is 0 Å². The van der Waals surface area contributed by atoms with E-state index in [4.69, 9.17) is 18.5 Å². The van der Waals surface area contributed by atoms with Crippen molar-refractivity contribution >= 4 is 19.8 Å². The minimum atomic E-state index is -4.62. The molecular weight excluding hydrogens is 701 g/mol. The average Bonchev–Trinajstić information content (AvgIpc) is 3.12. The second-order valence-electron chi connectivity index (χ2n) is 16.4. The van der Waals surface area contributed by atoms with Gasteiger partial charge in [-0.25, -0.2) is 0 Å². The zero-order valence-electron chi connectivity index (χ0n) is 35.9. The Morgan fingerprint density at radius 2 is 0.944 bits per heavy atom. The van der Waals surface area contributed by atoms with E-state index in [1.54, 1.807) is 0 Å². The fourth-order valence-corrected chi connectivity index (χ4v) is 6.97. The van der Waals surface area contributed by atoms with Gasteiger partial charge in [-0.3, -0.25) is 14.2 Å². The Bertz CT molecular complexity index is 938. The summed E-state index contributed by atoms with van der Waals surface area (Å²) >= 11 is 0. The Kier molecular flexibility index (Phi) is 36.5. The summed E-state index contributed by atoms with van der Waals surface area (Å²) in [6, 6.07) is 0. The van der Waals surface area contributed by atoms with Gasteiger partial charge in [0.15, 0.2) is 6.10 Å². The standard InChI is InChI=1S/C44H86NO8P/c1-6-8-10-12-14-16-18-20-22-24-26-28-30-32-34-36-43(46)50-40-42(41-52-54(48,49)51-39-38-45(3,4)5)53-44(47)37-35-33-31-29-27-25-23-21-19-17-15-13-11-9-7-2/h20,22,42H,6-19,21,23-41H2,1-5H3/t42-/m1/s1. The van der Waals surface area contributed by atoms with Gasteiger partial charge in [0.05, 0.1) is 27.7 Å². The molecule has 10 heteroatoms. The molecule has 320 valence electrons. The number of phosphoric acid groups is 1. The SMILES string of the molecule is CCCCCCCCC=CCCCCCCCC(=O)OC[C@H](COP(=O)([O-])OCC[N+](C)(C)C)OC(=O)CCCCCCCCCCCCCCCCC. The van der Waals surface area contributed by atoms with Crippen LogP contribution < -0.4 is 4.89 Å². The molecule has 0 aromatic rings. The fourth-order valence-electron chi connectivity index (χ4n) is 6.24. The van der Waals surface area contributed by atoms with Crippen molar-refractivity contribution in [3.63, 3.8) is 0 Å². The van der Waals surface area contributed by atoms with E-state index in [0.29, 0.717) is 17.4 Å². The smallest absolute Gasteiger partial charge is 0.306 e. The third-order valence-corrected chi connectivity index (χ3v) is 10.7. The number of quaternary nitrogens is 1. The lowest BCUT2D eigenvalue weighted by Gasteiger charge is -2.28. The lowest BCUT2D eigenvalue weighted by molar-refractivity contribution is -0.870. The first-order valence-corrected chi connectivity index (χ1v) is 23.9. The third-order valence-electron chi connectivity index (χ3n) is 9.79. The normalized spacial score (nSPS) is 13.7. The molecule has 0 aromatic heterocycles. The minimum Gasteiger partial charge on any atom is -0.756 e. The van der Waals surface area contributed by atoms with E-state index < -0.39 is 26.5 Å². The molecule has 0 aliphatic carbocycles. The fraction of sp³-hybridized carbons (Fsp3) is 0.909. The second-order valence-corrected chi connectivity index (χ2v) is 17.8. The molecule has 0 aromatic carbocycles. The molecule has 0 heterocycles. The van der Waals surface area contributed by atoms with Crippen LogP contribution in [0.3, 0.4) is 0 Å². The van der Waals surface area contributed by atoms with Crippen molar-refractivity contribution in [2.24, 2.45) is 0 Å². The second kappa shape index (κ2) is 37.3. The topological polar surface area (TPSA) is 111 Å². The van der Waals surface area contributed by atoms with Crippen LogP contribution in [0.15, 0.2) is 12.2 Å². The predicted octanol–water partition coefficient (Wildman–Crippen LogP) is 11.9. The quantitative estimate of drug-likeness (QED) is 0.0198. The molecule has 0 amide bonds. The van der Waals surface area contributed by atoms with Crippen molar-refractivity contribution in [2.45, 2.75) is 213 Å². The molecule has 2 atom stereocenters. The predicted molar refractivity (Wildman–Crippen MR) is 222 cm³/mol. The van der Waals surface area contributed by atoms with Gasteiger partial charge in [0, 0.05) is 12.8 Å². The van der Waals surface area contributed by atoms with Gasteiger partial charge in [0.25, 0.3) is 7.82 Å². The number of rotatable bonds is 41. The highest BCUT2D eigenvalue weighted by atomic mass is 31.2. The monoisotopic (exact) mass is 788 g/mol.